The maximum Gasteiger partial charge on any atom is 0.267 e. The SMILES string of the molecule is O=C1CN(S(=O)(=O)c2c(Cl)cccc2Cl)c2cc(Cl)ccc2N1. The fourth-order valence-corrected chi connectivity index (χ4v) is 4.97. The van der Waals surface area contributed by atoms with Crippen molar-refractivity contribution >= 4 is 62.1 Å². The minimum atomic E-state index is -4.14. The lowest BCUT2D eigenvalue weighted by Gasteiger charge is -2.30. The lowest BCUT2D eigenvalue weighted by atomic mass is 10.2. The van der Waals surface area contributed by atoms with Gasteiger partial charge in [-0.15, -0.1) is 0 Å². The average Bonchev–Trinajstić information content (AvgIpc) is 2.46. The van der Waals surface area contributed by atoms with Gasteiger partial charge in [-0.1, -0.05) is 40.9 Å². The lowest BCUT2D eigenvalue weighted by Crippen LogP contribution is -2.42. The molecule has 0 atom stereocenters. The number of anilines is 2. The highest BCUT2D eigenvalue weighted by Gasteiger charge is 2.35. The number of amides is 1. The van der Waals surface area contributed by atoms with Gasteiger partial charge in [-0.2, -0.15) is 0 Å². The number of sulfonamides is 1. The summed E-state index contributed by atoms with van der Waals surface area (Å²) in [6, 6.07) is 8.92. The zero-order chi connectivity index (χ0) is 16.8. The summed E-state index contributed by atoms with van der Waals surface area (Å²) >= 11 is 18.0. The van der Waals surface area contributed by atoms with Crippen LogP contribution in [0.25, 0.3) is 0 Å². The molecule has 0 spiro atoms. The number of nitrogens with zero attached hydrogens (tertiary/aromatic N) is 1. The molecule has 1 aliphatic rings. The molecule has 0 radical (unpaired) electrons. The van der Waals surface area contributed by atoms with Crippen molar-refractivity contribution < 1.29 is 13.2 Å². The van der Waals surface area contributed by atoms with Crippen LogP contribution in [0.3, 0.4) is 0 Å². The maximum atomic E-state index is 13.0. The van der Waals surface area contributed by atoms with Crippen molar-refractivity contribution in [1.29, 1.82) is 0 Å². The van der Waals surface area contributed by atoms with Crippen molar-refractivity contribution in [2.45, 2.75) is 4.90 Å². The van der Waals surface area contributed by atoms with E-state index in [0.717, 1.165) is 4.31 Å². The highest BCUT2D eigenvalue weighted by atomic mass is 35.5. The second kappa shape index (κ2) is 5.87. The zero-order valence-electron chi connectivity index (χ0n) is 11.4. The number of benzene rings is 2. The molecule has 0 saturated heterocycles. The Kier molecular flexibility index (Phi) is 4.18. The van der Waals surface area contributed by atoms with Gasteiger partial charge < -0.3 is 5.32 Å². The first kappa shape index (κ1) is 16.4. The first-order valence-corrected chi connectivity index (χ1v) is 8.94. The highest BCUT2D eigenvalue weighted by Crippen LogP contribution is 2.39. The Labute approximate surface area is 147 Å². The molecule has 0 aromatic heterocycles. The number of fused-ring (bicyclic) bond motifs is 1. The fourth-order valence-electron chi connectivity index (χ4n) is 2.28. The molecule has 1 aliphatic heterocycles. The standard InChI is InChI=1S/C14H9Cl3N2O3S/c15-8-4-5-11-12(6-8)19(7-13(20)18-11)23(21,22)14-9(16)2-1-3-10(14)17/h1-6H,7H2,(H,18,20). The number of hydrogen-bond donors (Lipinski definition) is 1. The smallest absolute Gasteiger partial charge is 0.267 e. The minimum absolute atomic E-state index is 0.0212. The zero-order valence-corrected chi connectivity index (χ0v) is 14.5. The van der Waals surface area contributed by atoms with Crippen LogP contribution in [0.2, 0.25) is 15.1 Å². The second-order valence-electron chi connectivity index (χ2n) is 4.77. The number of nitrogens with one attached hydrogen (secondary N) is 1. The third kappa shape index (κ3) is 2.87. The Morgan fingerprint density at radius 3 is 2.35 bits per heavy atom. The third-order valence-electron chi connectivity index (χ3n) is 3.26. The molecule has 2 aromatic carbocycles. The summed E-state index contributed by atoms with van der Waals surface area (Å²) in [5.74, 6) is -0.466. The van der Waals surface area contributed by atoms with Gasteiger partial charge >= 0.3 is 0 Å². The Balaban J connectivity index is 2.22. The van der Waals surface area contributed by atoms with E-state index in [1.807, 2.05) is 0 Å². The monoisotopic (exact) mass is 390 g/mol. The molecule has 1 amide bonds. The molecule has 0 saturated carbocycles. The summed E-state index contributed by atoms with van der Waals surface area (Å²) in [5.41, 5.74) is 0.602. The van der Waals surface area contributed by atoms with Crippen molar-refractivity contribution in [2.24, 2.45) is 0 Å². The van der Waals surface area contributed by atoms with Gasteiger partial charge in [-0.3, -0.25) is 9.10 Å². The van der Waals surface area contributed by atoms with Crippen molar-refractivity contribution in [2.75, 3.05) is 16.2 Å². The molecule has 0 unspecified atom stereocenters. The van der Waals surface area contributed by atoms with Gasteiger partial charge in [0, 0.05) is 5.02 Å². The highest BCUT2D eigenvalue weighted by molar-refractivity contribution is 7.93. The number of hydrogen-bond acceptors (Lipinski definition) is 3. The van der Waals surface area contributed by atoms with E-state index in [2.05, 4.69) is 5.32 Å². The topological polar surface area (TPSA) is 66.5 Å². The van der Waals surface area contributed by atoms with Crippen LogP contribution in [0.1, 0.15) is 0 Å². The molecule has 1 N–H and O–H groups in total. The lowest BCUT2D eigenvalue weighted by molar-refractivity contribution is -0.115. The van der Waals surface area contributed by atoms with Crippen LogP contribution in [0.4, 0.5) is 11.4 Å². The second-order valence-corrected chi connectivity index (χ2v) is 7.82. The van der Waals surface area contributed by atoms with Crippen LogP contribution in [0.15, 0.2) is 41.3 Å². The van der Waals surface area contributed by atoms with E-state index in [4.69, 9.17) is 34.8 Å². The van der Waals surface area contributed by atoms with E-state index < -0.39 is 22.5 Å². The number of rotatable bonds is 2. The first-order chi connectivity index (χ1) is 10.8. The van der Waals surface area contributed by atoms with Crippen LogP contribution in [0.5, 0.6) is 0 Å². The van der Waals surface area contributed by atoms with Gasteiger partial charge in [0.2, 0.25) is 5.91 Å². The molecule has 120 valence electrons. The van der Waals surface area contributed by atoms with Crippen LogP contribution in [-0.4, -0.2) is 20.9 Å². The molecular weight excluding hydrogens is 383 g/mol. The quantitative estimate of drug-likeness (QED) is 0.847. The normalized spacial score (nSPS) is 14.4. The molecule has 0 fully saturated rings. The third-order valence-corrected chi connectivity index (χ3v) is 6.21. The van der Waals surface area contributed by atoms with Gasteiger partial charge in [-0.25, -0.2) is 8.42 Å². The van der Waals surface area contributed by atoms with Gasteiger partial charge in [0.15, 0.2) is 0 Å². The molecule has 3 rings (SSSR count). The van der Waals surface area contributed by atoms with E-state index in [1.165, 1.54) is 30.3 Å². The fraction of sp³-hybridized carbons (Fsp3) is 0.0714. The summed E-state index contributed by atoms with van der Waals surface area (Å²) in [7, 11) is -4.14. The summed E-state index contributed by atoms with van der Waals surface area (Å²) in [6.45, 7) is -0.392. The van der Waals surface area contributed by atoms with Crippen LogP contribution >= 0.6 is 34.8 Å². The Bertz CT molecular complexity index is 895. The summed E-state index contributed by atoms with van der Waals surface area (Å²) in [5, 5.41) is 2.90. The van der Waals surface area contributed by atoms with Crippen molar-refractivity contribution in [3.63, 3.8) is 0 Å². The van der Waals surface area contributed by atoms with Crippen molar-refractivity contribution in [3.8, 4) is 0 Å². The molecule has 0 bridgehead atoms. The number of carbonyl (C=O) groups is 1. The van der Waals surface area contributed by atoms with Gasteiger partial charge in [-0.05, 0) is 30.3 Å². The molecular formula is C14H9Cl3N2O3S. The predicted molar refractivity (Wildman–Crippen MR) is 91.1 cm³/mol. The average molecular weight is 392 g/mol. The van der Waals surface area contributed by atoms with Crippen LogP contribution in [-0.2, 0) is 14.8 Å². The maximum absolute atomic E-state index is 13.0. The van der Waals surface area contributed by atoms with Crippen LogP contribution in [0, 0.1) is 0 Å². The van der Waals surface area contributed by atoms with Gasteiger partial charge in [0.05, 0.1) is 21.4 Å². The Morgan fingerprint density at radius 2 is 1.70 bits per heavy atom. The first-order valence-electron chi connectivity index (χ1n) is 6.37. The molecule has 0 aliphatic carbocycles. The summed E-state index contributed by atoms with van der Waals surface area (Å²) in [6.07, 6.45) is 0. The molecule has 23 heavy (non-hydrogen) atoms. The molecule has 5 nitrogen and oxygen atoms in total. The minimum Gasteiger partial charge on any atom is -0.323 e. The van der Waals surface area contributed by atoms with E-state index in [1.54, 1.807) is 6.07 Å². The predicted octanol–water partition coefficient (Wildman–Crippen LogP) is 3.79. The van der Waals surface area contributed by atoms with E-state index in [9.17, 15) is 13.2 Å². The molecule has 2 aromatic rings. The van der Waals surface area contributed by atoms with E-state index in [0.29, 0.717) is 10.7 Å². The van der Waals surface area contributed by atoms with Crippen molar-refractivity contribution in [3.05, 3.63) is 51.5 Å². The van der Waals surface area contributed by atoms with Gasteiger partial charge in [0.1, 0.15) is 11.4 Å². The number of carbonyl (C=O) groups excluding carboxylic acids is 1. The number of halogens is 3. The van der Waals surface area contributed by atoms with E-state index in [-0.39, 0.29) is 20.6 Å². The molecule has 9 heteroatoms. The van der Waals surface area contributed by atoms with Crippen molar-refractivity contribution in [1.82, 2.24) is 0 Å². The largest absolute Gasteiger partial charge is 0.323 e. The van der Waals surface area contributed by atoms with Gasteiger partial charge in [0.25, 0.3) is 10.0 Å². The summed E-state index contributed by atoms with van der Waals surface area (Å²) in [4.78, 5) is 11.6. The molecule has 1 heterocycles. The summed E-state index contributed by atoms with van der Waals surface area (Å²) < 4.78 is 26.9. The van der Waals surface area contributed by atoms with E-state index >= 15 is 0 Å². The Hall–Kier alpha value is -1.47. The Morgan fingerprint density at radius 1 is 1.04 bits per heavy atom. The van der Waals surface area contributed by atoms with Crippen LogP contribution < -0.4 is 9.62 Å².